The lowest BCUT2D eigenvalue weighted by molar-refractivity contribution is -0.123. The molecule has 0 bridgehead atoms. The standard InChI is InChI=1S/C39H60O2/c1-36-15-13-32-26(30(36)9-11-34(36)40)7-5-24-18-28-22(20-38(24,32)3)17-23-21-39(4)25(19-29(23)28)6-8-27-31-10-12-35(41)37(31,2)16-14-33(27)39/h22-27,30-35,40-41H,5-21H2,1-4H3. The van der Waals surface area contributed by atoms with E-state index in [2.05, 4.69) is 27.7 Å². The van der Waals surface area contributed by atoms with Crippen LogP contribution in [0.1, 0.15) is 137 Å². The Morgan fingerprint density at radius 2 is 0.902 bits per heavy atom. The summed E-state index contributed by atoms with van der Waals surface area (Å²) in [6.45, 7) is 10.5. The van der Waals surface area contributed by atoms with Gasteiger partial charge >= 0.3 is 0 Å². The normalized spacial score (nSPS) is 62.5. The molecule has 2 N–H and O–H groups in total. The van der Waals surface area contributed by atoms with E-state index >= 15 is 0 Å². The van der Waals surface area contributed by atoms with Crippen LogP contribution < -0.4 is 0 Å². The lowest BCUT2D eigenvalue weighted by atomic mass is 9.44. The zero-order valence-corrected chi connectivity index (χ0v) is 26.8. The molecule has 0 aromatic heterocycles. The van der Waals surface area contributed by atoms with E-state index in [0.29, 0.717) is 10.8 Å². The average molecular weight is 561 g/mol. The minimum Gasteiger partial charge on any atom is -0.393 e. The highest BCUT2D eigenvalue weighted by molar-refractivity contribution is 5.33. The summed E-state index contributed by atoms with van der Waals surface area (Å²) < 4.78 is 0. The van der Waals surface area contributed by atoms with Gasteiger partial charge in [0.05, 0.1) is 12.2 Å². The third-order valence-corrected chi connectivity index (χ3v) is 18.3. The fourth-order valence-electron chi connectivity index (χ4n) is 16.1. The maximum Gasteiger partial charge on any atom is 0.0596 e. The predicted molar refractivity (Wildman–Crippen MR) is 165 cm³/mol. The first-order chi connectivity index (χ1) is 19.6. The molecule has 16 atom stereocenters. The number of aliphatic hydroxyl groups excluding tert-OH is 2. The number of hydrogen-bond acceptors (Lipinski definition) is 2. The van der Waals surface area contributed by atoms with Gasteiger partial charge in [-0.1, -0.05) is 38.8 Å². The zero-order valence-electron chi connectivity index (χ0n) is 26.8. The summed E-state index contributed by atoms with van der Waals surface area (Å²) in [7, 11) is 0. The van der Waals surface area contributed by atoms with Crippen LogP contribution in [0.15, 0.2) is 11.1 Å². The van der Waals surface area contributed by atoms with Crippen LogP contribution in [-0.4, -0.2) is 22.4 Å². The van der Waals surface area contributed by atoms with E-state index in [1.165, 1.54) is 96.3 Å². The van der Waals surface area contributed by atoms with Gasteiger partial charge in [-0.05, 0) is 190 Å². The molecule has 0 radical (unpaired) electrons. The monoisotopic (exact) mass is 560 g/mol. The second-order valence-electron chi connectivity index (χ2n) is 19.1. The van der Waals surface area contributed by atoms with Crippen LogP contribution in [0, 0.1) is 80.8 Å². The first-order valence-electron chi connectivity index (χ1n) is 18.6. The van der Waals surface area contributed by atoms with Crippen LogP contribution in [0.4, 0.5) is 0 Å². The van der Waals surface area contributed by atoms with Gasteiger partial charge in [0.25, 0.3) is 0 Å². The van der Waals surface area contributed by atoms with Crippen LogP contribution in [-0.2, 0) is 0 Å². The molecule has 41 heavy (non-hydrogen) atoms. The molecule has 16 unspecified atom stereocenters. The summed E-state index contributed by atoms with van der Waals surface area (Å²) in [4.78, 5) is 0. The Kier molecular flexibility index (Phi) is 5.72. The van der Waals surface area contributed by atoms with Gasteiger partial charge in [-0.2, -0.15) is 0 Å². The highest BCUT2D eigenvalue weighted by Gasteiger charge is 2.64. The number of rotatable bonds is 0. The molecule has 9 aliphatic carbocycles. The van der Waals surface area contributed by atoms with Crippen LogP contribution in [0.2, 0.25) is 0 Å². The Balaban J connectivity index is 0.971. The highest BCUT2D eigenvalue weighted by atomic mass is 16.3. The predicted octanol–water partition coefficient (Wildman–Crippen LogP) is 8.95. The van der Waals surface area contributed by atoms with Gasteiger partial charge in [0, 0.05) is 0 Å². The molecule has 8 fully saturated rings. The van der Waals surface area contributed by atoms with E-state index in [1.807, 2.05) is 11.1 Å². The van der Waals surface area contributed by atoms with E-state index in [9.17, 15) is 10.2 Å². The molecule has 0 aromatic carbocycles. The van der Waals surface area contributed by atoms with Crippen molar-refractivity contribution in [3.63, 3.8) is 0 Å². The van der Waals surface area contributed by atoms with Gasteiger partial charge in [-0.3, -0.25) is 0 Å². The van der Waals surface area contributed by atoms with Crippen LogP contribution >= 0.6 is 0 Å². The van der Waals surface area contributed by atoms with Crippen molar-refractivity contribution < 1.29 is 10.2 Å². The molecule has 9 rings (SSSR count). The fraction of sp³-hybridized carbons (Fsp3) is 0.949. The zero-order chi connectivity index (χ0) is 28.1. The summed E-state index contributed by atoms with van der Waals surface area (Å²) in [6, 6.07) is 0. The van der Waals surface area contributed by atoms with Gasteiger partial charge in [0.15, 0.2) is 0 Å². The van der Waals surface area contributed by atoms with Gasteiger partial charge in [-0.15, -0.1) is 0 Å². The maximum atomic E-state index is 10.9. The smallest absolute Gasteiger partial charge is 0.0596 e. The number of allylic oxidation sites excluding steroid dienone is 2. The maximum absolute atomic E-state index is 10.9. The molecule has 0 aliphatic heterocycles. The number of aliphatic hydroxyl groups is 2. The molecule has 8 saturated carbocycles. The van der Waals surface area contributed by atoms with E-state index in [4.69, 9.17) is 0 Å². The van der Waals surface area contributed by atoms with Crippen molar-refractivity contribution >= 4 is 0 Å². The quantitative estimate of drug-likeness (QED) is 0.290. The molecule has 0 heterocycles. The first-order valence-corrected chi connectivity index (χ1v) is 18.6. The summed E-state index contributed by atoms with van der Waals surface area (Å²) in [5.74, 6) is 8.79. The minimum atomic E-state index is -0.0410. The molecular formula is C39H60O2. The first kappa shape index (κ1) is 27.0. The molecule has 2 nitrogen and oxygen atoms in total. The summed E-state index contributed by atoms with van der Waals surface area (Å²) >= 11 is 0. The molecule has 0 spiro atoms. The van der Waals surface area contributed by atoms with Crippen molar-refractivity contribution in [2.45, 2.75) is 149 Å². The number of hydrogen-bond donors (Lipinski definition) is 2. The summed E-state index contributed by atoms with van der Waals surface area (Å²) in [5, 5.41) is 21.9. The second kappa shape index (κ2) is 8.68. The third-order valence-electron chi connectivity index (χ3n) is 18.3. The van der Waals surface area contributed by atoms with Gasteiger partial charge in [-0.25, -0.2) is 0 Å². The summed E-state index contributed by atoms with van der Waals surface area (Å²) in [6.07, 6.45) is 23.2. The van der Waals surface area contributed by atoms with Crippen molar-refractivity contribution in [3.05, 3.63) is 11.1 Å². The van der Waals surface area contributed by atoms with E-state index in [0.717, 1.165) is 72.0 Å². The minimum absolute atomic E-state index is 0.0410. The molecule has 228 valence electrons. The van der Waals surface area contributed by atoms with Gasteiger partial charge < -0.3 is 10.2 Å². The Bertz CT molecular complexity index is 1050. The average Bonchev–Trinajstić information content (AvgIpc) is 3.54. The van der Waals surface area contributed by atoms with Crippen molar-refractivity contribution in [1.82, 2.24) is 0 Å². The topological polar surface area (TPSA) is 40.5 Å². The van der Waals surface area contributed by atoms with Crippen LogP contribution in [0.5, 0.6) is 0 Å². The summed E-state index contributed by atoms with van der Waals surface area (Å²) in [5.41, 5.74) is 5.52. The lowest BCUT2D eigenvalue weighted by Gasteiger charge is -2.61. The Morgan fingerprint density at radius 3 is 1.34 bits per heavy atom. The SMILES string of the molecule is CC12CCC3C(CCC4CC5=C6CC7CCC8C9CCC(O)C9(C)CCC8C7(C)CC6CC5CC43C)C1CCC2O. The lowest BCUT2D eigenvalue weighted by Crippen LogP contribution is -2.54. The Hall–Kier alpha value is -0.340. The number of fused-ring (bicyclic) bond motifs is 12. The third kappa shape index (κ3) is 3.35. The van der Waals surface area contributed by atoms with E-state index in [-0.39, 0.29) is 23.0 Å². The molecule has 0 saturated heterocycles. The molecular weight excluding hydrogens is 500 g/mol. The van der Waals surface area contributed by atoms with Crippen molar-refractivity contribution in [3.8, 4) is 0 Å². The van der Waals surface area contributed by atoms with Gasteiger partial charge in [0.2, 0.25) is 0 Å². The molecule has 2 heteroatoms. The van der Waals surface area contributed by atoms with Crippen molar-refractivity contribution in [1.29, 1.82) is 0 Å². The van der Waals surface area contributed by atoms with E-state index in [1.54, 1.807) is 0 Å². The largest absolute Gasteiger partial charge is 0.393 e. The van der Waals surface area contributed by atoms with Gasteiger partial charge in [0.1, 0.15) is 0 Å². The van der Waals surface area contributed by atoms with Crippen molar-refractivity contribution in [2.24, 2.45) is 80.8 Å². The highest BCUT2D eigenvalue weighted by Crippen LogP contribution is 2.72. The molecule has 0 aromatic rings. The molecule has 0 amide bonds. The van der Waals surface area contributed by atoms with Crippen molar-refractivity contribution in [2.75, 3.05) is 0 Å². The molecule has 9 aliphatic rings. The van der Waals surface area contributed by atoms with Crippen LogP contribution in [0.3, 0.4) is 0 Å². The van der Waals surface area contributed by atoms with E-state index < -0.39 is 0 Å². The second-order valence-corrected chi connectivity index (χ2v) is 19.1. The Morgan fingerprint density at radius 1 is 0.488 bits per heavy atom. The fourth-order valence-corrected chi connectivity index (χ4v) is 16.1. The Labute approximate surface area is 250 Å². The van der Waals surface area contributed by atoms with Crippen LogP contribution in [0.25, 0.3) is 0 Å².